The minimum absolute atomic E-state index is 0.282. The van der Waals surface area contributed by atoms with Crippen molar-refractivity contribution in [2.45, 2.75) is 13.2 Å². The van der Waals surface area contributed by atoms with Gasteiger partial charge in [0.05, 0.1) is 23.1 Å². The molecule has 1 aliphatic rings. The second-order valence-corrected chi connectivity index (χ2v) is 3.82. The molecule has 0 aliphatic carbocycles. The molecular weight excluding hydrogens is 236 g/mol. The summed E-state index contributed by atoms with van der Waals surface area (Å²) in [5, 5.41) is 0.693. The van der Waals surface area contributed by atoms with Gasteiger partial charge in [0, 0.05) is 7.11 Å². The highest BCUT2D eigenvalue weighted by molar-refractivity contribution is 5.92. The lowest BCUT2D eigenvalue weighted by Crippen LogP contribution is -2.44. The van der Waals surface area contributed by atoms with Gasteiger partial charge in [-0.2, -0.15) is 0 Å². The van der Waals surface area contributed by atoms with Crippen LogP contribution in [-0.4, -0.2) is 32.4 Å². The van der Waals surface area contributed by atoms with Crippen molar-refractivity contribution < 1.29 is 23.8 Å². The number of rotatable bonds is 2. The zero-order chi connectivity index (χ0) is 13.3. The normalized spacial score (nSPS) is 17.8. The van der Waals surface area contributed by atoms with E-state index in [1.807, 2.05) is 5.94 Å². The smallest absolute Gasteiger partial charge is 0.341 e. The van der Waals surface area contributed by atoms with Crippen molar-refractivity contribution in [3.05, 3.63) is 33.7 Å². The van der Waals surface area contributed by atoms with E-state index >= 15 is 0 Å². The number of carbonyl (C=O) groups excluding carboxylic acids is 2. The third kappa shape index (κ3) is 1.70. The molecule has 0 N–H and O–H groups in total. The average Bonchev–Trinajstić information content (AvgIpc) is 2.38. The second-order valence-electron chi connectivity index (χ2n) is 3.82. The standard InChI is InChI=1S/C13H12O5/c1-7-4-5-8-10(9(7)6-14)11(16-2)13(17-3)18-12(8)15/h4-5,13H,1-3H3. The van der Waals surface area contributed by atoms with E-state index in [9.17, 15) is 9.59 Å². The molecule has 1 heterocycles. The zero-order valence-electron chi connectivity index (χ0n) is 10.3. The number of hydrogen-bond acceptors (Lipinski definition) is 5. The Balaban J connectivity index is 3.01. The van der Waals surface area contributed by atoms with E-state index in [0.29, 0.717) is 21.8 Å². The van der Waals surface area contributed by atoms with Crippen molar-refractivity contribution in [3.8, 4) is 0 Å². The largest absolute Gasteiger partial charge is 0.494 e. The molecule has 0 amide bonds. The van der Waals surface area contributed by atoms with E-state index in [1.54, 1.807) is 19.1 Å². The molecule has 18 heavy (non-hydrogen) atoms. The van der Waals surface area contributed by atoms with Gasteiger partial charge in [0.2, 0.25) is 0 Å². The SMILES string of the molecule is COC1=c2c(ccc(C)c2=C=O)C(=O)OC1OC. The topological polar surface area (TPSA) is 61.8 Å². The summed E-state index contributed by atoms with van der Waals surface area (Å²) in [7, 11) is 2.82. The van der Waals surface area contributed by atoms with Crippen LogP contribution in [-0.2, 0) is 19.0 Å². The fourth-order valence-electron chi connectivity index (χ4n) is 1.95. The fourth-order valence-corrected chi connectivity index (χ4v) is 1.95. The first kappa shape index (κ1) is 12.4. The summed E-state index contributed by atoms with van der Waals surface area (Å²) in [4.78, 5) is 22.9. The van der Waals surface area contributed by atoms with Crippen molar-refractivity contribution in [1.29, 1.82) is 0 Å². The molecule has 1 aromatic carbocycles. The van der Waals surface area contributed by atoms with Crippen LogP contribution in [0.2, 0.25) is 0 Å². The van der Waals surface area contributed by atoms with Gasteiger partial charge < -0.3 is 14.2 Å². The molecular formula is C13H12O5. The van der Waals surface area contributed by atoms with Gasteiger partial charge in [-0.3, -0.25) is 0 Å². The first-order chi connectivity index (χ1) is 8.63. The summed E-state index contributed by atoms with van der Waals surface area (Å²) in [6, 6.07) is 3.26. The maximum absolute atomic E-state index is 11.8. The van der Waals surface area contributed by atoms with E-state index in [0.717, 1.165) is 0 Å². The molecule has 0 fully saturated rings. The van der Waals surface area contributed by atoms with Crippen LogP contribution in [0, 0.1) is 6.92 Å². The predicted octanol–water partition coefficient (Wildman–Crippen LogP) is -0.604. The summed E-state index contributed by atoms with van der Waals surface area (Å²) in [6.07, 6.45) is -0.941. The van der Waals surface area contributed by atoms with Crippen LogP contribution >= 0.6 is 0 Å². The Kier molecular flexibility index (Phi) is 3.19. The summed E-state index contributed by atoms with van der Waals surface area (Å²) < 4.78 is 15.3. The van der Waals surface area contributed by atoms with Crippen LogP contribution < -0.4 is 10.4 Å². The van der Waals surface area contributed by atoms with Gasteiger partial charge in [-0.05, 0) is 18.6 Å². The number of ether oxygens (including phenoxy) is 3. The molecule has 0 radical (unpaired) electrons. The van der Waals surface area contributed by atoms with E-state index in [-0.39, 0.29) is 5.56 Å². The number of benzene rings is 1. The van der Waals surface area contributed by atoms with Crippen LogP contribution in [0.4, 0.5) is 0 Å². The quantitative estimate of drug-likeness (QED) is 0.654. The van der Waals surface area contributed by atoms with Crippen molar-refractivity contribution in [2.24, 2.45) is 0 Å². The van der Waals surface area contributed by atoms with Gasteiger partial charge in [-0.15, -0.1) is 0 Å². The Morgan fingerprint density at radius 1 is 1.33 bits per heavy atom. The summed E-state index contributed by atoms with van der Waals surface area (Å²) >= 11 is 0. The molecule has 0 spiro atoms. The minimum atomic E-state index is -0.941. The summed E-state index contributed by atoms with van der Waals surface area (Å²) in [6.45, 7) is 1.76. The Morgan fingerprint density at radius 3 is 2.61 bits per heavy atom. The second kappa shape index (κ2) is 4.64. The molecule has 1 unspecified atom stereocenters. The van der Waals surface area contributed by atoms with Crippen LogP contribution in [0.5, 0.6) is 0 Å². The Hall–Kier alpha value is -2.10. The lowest BCUT2D eigenvalue weighted by Gasteiger charge is -2.23. The van der Waals surface area contributed by atoms with Crippen molar-refractivity contribution in [1.82, 2.24) is 0 Å². The third-order valence-corrected chi connectivity index (χ3v) is 2.84. The molecule has 0 saturated heterocycles. The maximum atomic E-state index is 11.8. The number of fused-ring (bicyclic) bond motifs is 1. The predicted molar refractivity (Wildman–Crippen MR) is 61.9 cm³/mol. The molecule has 1 aliphatic heterocycles. The molecule has 2 rings (SSSR count). The molecule has 94 valence electrons. The molecule has 0 bridgehead atoms. The van der Waals surface area contributed by atoms with Crippen LogP contribution in [0.15, 0.2) is 12.1 Å². The number of hydrogen-bond donors (Lipinski definition) is 0. The Labute approximate surface area is 103 Å². The molecule has 0 saturated carbocycles. The summed E-state index contributed by atoms with van der Waals surface area (Å²) in [5.74, 6) is 1.59. The van der Waals surface area contributed by atoms with Crippen LogP contribution in [0.3, 0.4) is 0 Å². The highest BCUT2D eigenvalue weighted by Gasteiger charge is 2.29. The first-order valence-corrected chi connectivity index (χ1v) is 5.30. The van der Waals surface area contributed by atoms with Crippen molar-refractivity contribution >= 4 is 17.7 Å². The van der Waals surface area contributed by atoms with Gasteiger partial charge in [0.15, 0.2) is 5.76 Å². The zero-order valence-corrected chi connectivity index (χ0v) is 10.3. The molecule has 0 aromatic heterocycles. The number of esters is 1. The molecule has 5 nitrogen and oxygen atoms in total. The molecule has 5 heteroatoms. The number of cyclic esters (lactones) is 1. The summed E-state index contributed by atoms with van der Waals surface area (Å²) in [5.41, 5.74) is 0.993. The Bertz CT molecular complexity index is 640. The highest BCUT2D eigenvalue weighted by Crippen LogP contribution is 2.15. The van der Waals surface area contributed by atoms with Gasteiger partial charge in [0.1, 0.15) is 5.94 Å². The lowest BCUT2D eigenvalue weighted by molar-refractivity contribution is -0.0714. The fraction of sp³-hybridized carbons (Fsp3) is 0.308. The maximum Gasteiger partial charge on any atom is 0.341 e. The number of methoxy groups -OCH3 is 2. The first-order valence-electron chi connectivity index (χ1n) is 5.30. The van der Waals surface area contributed by atoms with E-state index in [4.69, 9.17) is 14.2 Å². The highest BCUT2D eigenvalue weighted by atomic mass is 16.7. The van der Waals surface area contributed by atoms with Crippen molar-refractivity contribution in [2.75, 3.05) is 14.2 Å². The third-order valence-electron chi connectivity index (χ3n) is 2.84. The van der Waals surface area contributed by atoms with E-state index in [1.165, 1.54) is 14.2 Å². The van der Waals surface area contributed by atoms with Gasteiger partial charge >= 0.3 is 5.97 Å². The number of carbonyl (C=O) groups is 1. The molecule has 1 atom stereocenters. The minimum Gasteiger partial charge on any atom is -0.494 e. The average molecular weight is 248 g/mol. The van der Waals surface area contributed by atoms with E-state index < -0.39 is 12.3 Å². The van der Waals surface area contributed by atoms with Gasteiger partial charge in [-0.1, -0.05) is 6.07 Å². The monoisotopic (exact) mass is 248 g/mol. The van der Waals surface area contributed by atoms with E-state index in [2.05, 4.69) is 0 Å². The van der Waals surface area contributed by atoms with Crippen LogP contribution in [0.25, 0.3) is 5.76 Å². The lowest BCUT2D eigenvalue weighted by atomic mass is 10.0. The van der Waals surface area contributed by atoms with Crippen molar-refractivity contribution in [3.63, 3.8) is 0 Å². The Morgan fingerprint density at radius 2 is 2.06 bits per heavy atom. The molecule has 1 aromatic rings. The number of aryl methyl sites for hydroxylation is 1. The van der Waals surface area contributed by atoms with Gasteiger partial charge in [0.25, 0.3) is 6.29 Å². The van der Waals surface area contributed by atoms with Gasteiger partial charge in [-0.25, -0.2) is 9.59 Å². The van der Waals surface area contributed by atoms with Crippen LogP contribution in [0.1, 0.15) is 15.9 Å².